The maximum Gasteiger partial charge on any atom is 0.218 e. The predicted octanol–water partition coefficient (Wildman–Crippen LogP) is -1.16. The van der Waals surface area contributed by atoms with Gasteiger partial charge in [-0.1, -0.05) is 0 Å². The summed E-state index contributed by atoms with van der Waals surface area (Å²) in [6, 6.07) is 0. The molecule has 1 amide bonds. The molecule has 0 heterocycles. The highest BCUT2D eigenvalue weighted by atomic mass is 16.5. The predicted molar refractivity (Wildman–Crippen MR) is 23.6 cm³/mol. The zero-order valence-corrected chi connectivity index (χ0v) is 3.85. The molecule has 0 aromatic heterocycles. The summed E-state index contributed by atoms with van der Waals surface area (Å²) >= 11 is 0. The lowest BCUT2D eigenvalue weighted by Gasteiger charge is -1.88. The highest BCUT2D eigenvalue weighted by molar-refractivity contribution is 5.73. The molecule has 42 valence electrons. The van der Waals surface area contributed by atoms with E-state index in [1.54, 1.807) is 5.48 Å². The van der Waals surface area contributed by atoms with Crippen LogP contribution in [0.2, 0.25) is 0 Å². The Morgan fingerprint density at radius 1 is 1.86 bits per heavy atom. The number of hydroxylamine groups is 1. The zero-order chi connectivity index (χ0) is 5.70. The number of amides is 1. The maximum absolute atomic E-state index is 9.83. The molecular formula is C3H8N2O2. The molecule has 0 radical (unpaired) electrons. The van der Waals surface area contributed by atoms with E-state index in [4.69, 9.17) is 5.21 Å². The Balaban J connectivity index is 2.82. The van der Waals surface area contributed by atoms with Gasteiger partial charge in [0.15, 0.2) is 0 Å². The summed E-state index contributed by atoms with van der Waals surface area (Å²) in [7, 11) is 0. The van der Waals surface area contributed by atoms with Crippen molar-refractivity contribution in [3.63, 3.8) is 0 Å². The molecule has 0 aliphatic carbocycles. The van der Waals surface area contributed by atoms with Crippen molar-refractivity contribution in [2.75, 3.05) is 6.54 Å². The van der Waals surface area contributed by atoms with Gasteiger partial charge in [-0.25, -0.2) is 5.48 Å². The lowest BCUT2D eigenvalue weighted by atomic mass is 10.4. The van der Waals surface area contributed by atoms with Crippen molar-refractivity contribution in [2.45, 2.75) is 6.42 Å². The van der Waals surface area contributed by atoms with E-state index in [2.05, 4.69) is 5.73 Å². The fourth-order valence-electron chi connectivity index (χ4n) is 0.179. The number of primary amides is 1. The summed E-state index contributed by atoms with van der Waals surface area (Å²) in [5, 5.41) is 7.86. The summed E-state index contributed by atoms with van der Waals surface area (Å²) in [5.74, 6) is -0.415. The molecule has 0 saturated carbocycles. The van der Waals surface area contributed by atoms with Gasteiger partial charge in [-0.05, 0) is 0 Å². The second-order valence-corrected chi connectivity index (χ2v) is 1.12. The minimum atomic E-state index is -0.415. The minimum absolute atomic E-state index is 0.177. The van der Waals surface area contributed by atoms with Gasteiger partial charge < -0.3 is 10.9 Å². The smallest absolute Gasteiger partial charge is 0.218 e. The van der Waals surface area contributed by atoms with Crippen LogP contribution in [-0.4, -0.2) is 17.7 Å². The Morgan fingerprint density at radius 2 is 2.43 bits per heavy atom. The minimum Gasteiger partial charge on any atom is -0.370 e. The molecule has 0 spiro atoms. The average molecular weight is 104 g/mol. The number of hydrogen-bond acceptors (Lipinski definition) is 3. The first-order chi connectivity index (χ1) is 3.27. The van der Waals surface area contributed by atoms with Gasteiger partial charge in [0.2, 0.25) is 5.91 Å². The van der Waals surface area contributed by atoms with Crippen molar-refractivity contribution in [3.8, 4) is 0 Å². The van der Waals surface area contributed by atoms with Crippen LogP contribution < -0.4 is 11.2 Å². The van der Waals surface area contributed by atoms with Crippen molar-refractivity contribution < 1.29 is 10.0 Å². The molecule has 0 rings (SSSR count). The van der Waals surface area contributed by atoms with Gasteiger partial charge in [-0.3, -0.25) is 4.79 Å². The monoisotopic (exact) mass is 104 g/mol. The number of rotatable bonds is 3. The standard InChI is InChI=1S/C3H8N2O2/c4-3(6)1-2-5-7/h5,7H,1-2H2,(H2,4,6). The molecule has 0 bridgehead atoms. The van der Waals surface area contributed by atoms with Gasteiger partial charge in [0.25, 0.3) is 0 Å². The molecular weight excluding hydrogens is 96.0 g/mol. The third-order valence-electron chi connectivity index (χ3n) is 0.483. The molecule has 4 nitrogen and oxygen atoms in total. The maximum atomic E-state index is 9.83. The average Bonchev–Trinajstić information content (AvgIpc) is 1.61. The van der Waals surface area contributed by atoms with Crippen molar-refractivity contribution in [1.82, 2.24) is 5.48 Å². The first-order valence-electron chi connectivity index (χ1n) is 1.92. The van der Waals surface area contributed by atoms with E-state index in [-0.39, 0.29) is 13.0 Å². The molecule has 0 saturated heterocycles. The topological polar surface area (TPSA) is 75.4 Å². The second kappa shape index (κ2) is 3.58. The summed E-state index contributed by atoms with van der Waals surface area (Å²) in [6.45, 7) is 0.231. The van der Waals surface area contributed by atoms with Crippen molar-refractivity contribution >= 4 is 5.91 Å². The zero-order valence-electron chi connectivity index (χ0n) is 3.85. The fourth-order valence-corrected chi connectivity index (χ4v) is 0.179. The van der Waals surface area contributed by atoms with Crippen LogP contribution in [0.15, 0.2) is 0 Å². The Kier molecular flexibility index (Phi) is 3.26. The molecule has 0 fully saturated rings. The lowest BCUT2D eigenvalue weighted by Crippen LogP contribution is -2.18. The van der Waals surface area contributed by atoms with E-state index in [9.17, 15) is 4.79 Å². The molecule has 0 aliphatic heterocycles. The highest BCUT2D eigenvalue weighted by Crippen LogP contribution is 1.67. The third kappa shape index (κ3) is 5.39. The van der Waals surface area contributed by atoms with Gasteiger partial charge in [0, 0.05) is 13.0 Å². The van der Waals surface area contributed by atoms with Gasteiger partial charge in [-0.15, -0.1) is 0 Å². The van der Waals surface area contributed by atoms with Crippen LogP contribution in [0.25, 0.3) is 0 Å². The first-order valence-corrected chi connectivity index (χ1v) is 1.92. The molecule has 0 aromatic rings. The third-order valence-corrected chi connectivity index (χ3v) is 0.483. The number of hydrogen-bond donors (Lipinski definition) is 3. The van der Waals surface area contributed by atoms with E-state index in [1.165, 1.54) is 0 Å². The Morgan fingerprint density at radius 3 is 2.57 bits per heavy atom. The summed E-state index contributed by atoms with van der Waals surface area (Å²) in [4.78, 5) is 9.83. The van der Waals surface area contributed by atoms with Gasteiger partial charge in [0.1, 0.15) is 0 Å². The number of nitrogens with two attached hydrogens (primary N) is 1. The molecule has 4 heteroatoms. The van der Waals surface area contributed by atoms with Gasteiger partial charge in [-0.2, -0.15) is 0 Å². The van der Waals surface area contributed by atoms with Crippen molar-refractivity contribution in [3.05, 3.63) is 0 Å². The number of nitrogens with one attached hydrogen (secondary N) is 1. The van der Waals surface area contributed by atoms with Crippen LogP contribution in [0, 0.1) is 0 Å². The van der Waals surface area contributed by atoms with Crippen molar-refractivity contribution in [1.29, 1.82) is 0 Å². The van der Waals surface area contributed by atoms with Crippen LogP contribution in [0.5, 0.6) is 0 Å². The molecule has 0 aromatic carbocycles. The summed E-state index contributed by atoms with van der Waals surface area (Å²) in [5.41, 5.74) is 6.49. The summed E-state index contributed by atoms with van der Waals surface area (Å²) in [6.07, 6.45) is 0.177. The van der Waals surface area contributed by atoms with Crippen molar-refractivity contribution in [2.24, 2.45) is 5.73 Å². The van der Waals surface area contributed by atoms with Crippen LogP contribution in [0.1, 0.15) is 6.42 Å². The van der Waals surface area contributed by atoms with Crippen LogP contribution >= 0.6 is 0 Å². The van der Waals surface area contributed by atoms with Crippen LogP contribution in [-0.2, 0) is 4.79 Å². The van der Waals surface area contributed by atoms with E-state index >= 15 is 0 Å². The molecule has 7 heavy (non-hydrogen) atoms. The quantitative estimate of drug-likeness (QED) is 0.395. The lowest BCUT2D eigenvalue weighted by molar-refractivity contribution is -0.118. The molecule has 0 atom stereocenters. The summed E-state index contributed by atoms with van der Waals surface area (Å²) < 4.78 is 0. The molecule has 0 aliphatic rings. The number of carbonyl (C=O) groups is 1. The van der Waals surface area contributed by atoms with Gasteiger partial charge in [0.05, 0.1) is 0 Å². The molecule has 0 unspecified atom stereocenters. The van der Waals surface area contributed by atoms with E-state index in [0.29, 0.717) is 0 Å². The second-order valence-electron chi connectivity index (χ2n) is 1.12. The molecule has 4 N–H and O–H groups in total. The van der Waals surface area contributed by atoms with E-state index in [0.717, 1.165) is 0 Å². The fraction of sp³-hybridized carbons (Fsp3) is 0.667. The largest absolute Gasteiger partial charge is 0.370 e. The normalized spacial score (nSPS) is 8.71. The Bertz CT molecular complexity index is 64.0. The van der Waals surface area contributed by atoms with Crippen LogP contribution in [0.3, 0.4) is 0 Å². The highest BCUT2D eigenvalue weighted by Gasteiger charge is 1.88. The van der Waals surface area contributed by atoms with Gasteiger partial charge >= 0.3 is 0 Å². The van der Waals surface area contributed by atoms with E-state index in [1.807, 2.05) is 0 Å². The van der Waals surface area contributed by atoms with Crippen LogP contribution in [0.4, 0.5) is 0 Å². The first kappa shape index (κ1) is 6.39. The number of carbonyl (C=O) groups excluding carboxylic acids is 1. The Hall–Kier alpha value is -0.610. The Labute approximate surface area is 41.3 Å². The SMILES string of the molecule is NC(=O)CCNO. The van der Waals surface area contributed by atoms with E-state index < -0.39 is 5.91 Å².